The maximum absolute atomic E-state index is 11.2. The molecule has 2 aromatic rings. The van der Waals surface area contributed by atoms with Gasteiger partial charge in [0.25, 0.3) is 0 Å². The molecule has 7 nitrogen and oxygen atoms in total. The lowest BCUT2D eigenvalue weighted by atomic mass is 10.1. The summed E-state index contributed by atoms with van der Waals surface area (Å²) in [6.45, 7) is 0.160. The van der Waals surface area contributed by atoms with Crippen molar-refractivity contribution >= 4 is 27.1 Å². The van der Waals surface area contributed by atoms with Gasteiger partial charge in [-0.05, 0) is 22.6 Å². The van der Waals surface area contributed by atoms with Gasteiger partial charge in [0.2, 0.25) is 0 Å². The number of tetrazole rings is 1. The number of aryl methyl sites for hydroxylation is 1. The lowest BCUT2D eigenvalue weighted by Gasteiger charge is -2.07. The van der Waals surface area contributed by atoms with Crippen LogP contribution in [0.25, 0.3) is 11.4 Å². The fraction of sp³-hybridized carbons (Fsp3) is 0.300. The molecule has 0 spiro atoms. The summed E-state index contributed by atoms with van der Waals surface area (Å²) < 4.78 is 23.7. The Hall–Kier alpha value is -1.67. The Bertz CT molecular complexity index is 698. The molecule has 0 amide bonds. The third kappa shape index (κ3) is 3.21. The molecule has 0 bridgehead atoms. The first-order chi connectivity index (χ1) is 8.88. The number of anilines is 1. The van der Waals surface area contributed by atoms with E-state index in [1.165, 1.54) is 4.68 Å². The van der Waals surface area contributed by atoms with Gasteiger partial charge in [0.1, 0.15) is 9.84 Å². The number of hydrogen-bond acceptors (Lipinski definition) is 6. The molecule has 1 aromatic carbocycles. The molecule has 2 N–H and O–H groups in total. The van der Waals surface area contributed by atoms with Gasteiger partial charge in [-0.25, -0.2) is 13.1 Å². The van der Waals surface area contributed by atoms with E-state index in [2.05, 4.69) is 15.5 Å². The van der Waals surface area contributed by atoms with Crippen LogP contribution in [0.2, 0.25) is 5.02 Å². The Morgan fingerprint density at radius 2 is 2.16 bits per heavy atom. The van der Waals surface area contributed by atoms with Crippen molar-refractivity contribution in [2.75, 3.05) is 17.7 Å². The molecule has 0 saturated heterocycles. The zero-order valence-electron chi connectivity index (χ0n) is 10.1. The Labute approximate surface area is 115 Å². The summed E-state index contributed by atoms with van der Waals surface area (Å²) in [5, 5.41) is 11.6. The number of rotatable bonds is 4. The largest absolute Gasteiger partial charge is 0.397 e. The van der Waals surface area contributed by atoms with E-state index in [0.717, 1.165) is 6.26 Å². The van der Waals surface area contributed by atoms with Crippen molar-refractivity contribution in [1.29, 1.82) is 0 Å². The first kappa shape index (κ1) is 13.8. The first-order valence-electron chi connectivity index (χ1n) is 5.37. The summed E-state index contributed by atoms with van der Waals surface area (Å²) in [6, 6.07) is 5.11. The highest BCUT2D eigenvalue weighted by Crippen LogP contribution is 2.29. The molecule has 0 aliphatic heterocycles. The Balaban J connectivity index is 2.36. The van der Waals surface area contributed by atoms with E-state index >= 15 is 0 Å². The summed E-state index contributed by atoms with van der Waals surface area (Å²) >= 11 is 5.93. The van der Waals surface area contributed by atoms with Gasteiger partial charge in [-0.2, -0.15) is 0 Å². The van der Waals surface area contributed by atoms with Gasteiger partial charge in [0.15, 0.2) is 5.82 Å². The summed E-state index contributed by atoms with van der Waals surface area (Å²) in [6.07, 6.45) is 1.16. The normalized spacial score (nSPS) is 11.7. The van der Waals surface area contributed by atoms with Crippen LogP contribution < -0.4 is 5.73 Å². The summed E-state index contributed by atoms with van der Waals surface area (Å²) in [7, 11) is -3.09. The highest BCUT2D eigenvalue weighted by atomic mass is 35.5. The number of para-hydroxylation sites is 1. The third-order valence-electron chi connectivity index (χ3n) is 2.50. The van der Waals surface area contributed by atoms with Crippen LogP contribution >= 0.6 is 11.6 Å². The van der Waals surface area contributed by atoms with Gasteiger partial charge in [-0.15, -0.1) is 5.10 Å². The summed E-state index contributed by atoms with van der Waals surface area (Å²) in [5.74, 6) is 0.342. The summed E-state index contributed by atoms with van der Waals surface area (Å²) in [4.78, 5) is 0. The summed E-state index contributed by atoms with van der Waals surface area (Å²) in [5.41, 5.74) is 6.80. The van der Waals surface area contributed by atoms with E-state index in [4.69, 9.17) is 17.3 Å². The quantitative estimate of drug-likeness (QED) is 0.830. The second-order valence-corrected chi connectivity index (χ2v) is 6.72. The Kier molecular flexibility index (Phi) is 3.72. The third-order valence-corrected chi connectivity index (χ3v) is 3.75. The standard InChI is InChI=1S/C10H12ClN5O2S/c1-19(17,18)6-5-16-10(13-14-15-16)7-3-2-4-8(11)9(7)12/h2-4H,5-6,12H2,1H3. The van der Waals surface area contributed by atoms with Crippen molar-refractivity contribution in [1.82, 2.24) is 20.2 Å². The molecule has 0 radical (unpaired) electrons. The van der Waals surface area contributed by atoms with E-state index < -0.39 is 9.84 Å². The second kappa shape index (κ2) is 5.14. The van der Waals surface area contributed by atoms with E-state index in [9.17, 15) is 8.42 Å². The monoisotopic (exact) mass is 301 g/mol. The average Bonchev–Trinajstić information content (AvgIpc) is 2.77. The molecule has 0 fully saturated rings. The number of nitrogens with two attached hydrogens (primary N) is 1. The van der Waals surface area contributed by atoms with Crippen molar-refractivity contribution in [2.24, 2.45) is 0 Å². The van der Waals surface area contributed by atoms with Crippen LogP contribution in [0.1, 0.15) is 0 Å². The van der Waals surface area contributed by atoms with E-state index in [-0.39, 0.29) is 12.3 Å². The van der Waals surface area contributed by atoms with Crippen LogP contribution in [0.5, 0.6) is 0 Å². The Morgan fingerprint density at radius 3 is 2.84 bits per heavy atom. The zero-order valence-corrected chi connectivity index (χ0v) is 11.7. The molecule has 2 rings (SSSR count). The number of sulfone groups is 1. The molecule has 0 aliphatic carbocycles. The maximum atomic E-state index is 11.2. The highest BCUT2D eigenvalue weighted by molar-refractivity contribution is 7.90. The minimum atomic E-state index is -3.09. The zero-order chi connectivity index (χ0) is 14.0. The van der Waals surface area contributed by atoms with Gasteiger partial charge in [-0.3, -0.25) is 0 Å². The Morgan fingerprint density at radius 1 is 1.42 bits per heavy atom. The second-order valence-electron chi connectivity index (χ2n) is 4.06. The van der Waals surface area contributed by atoms with Gasteiger partial charge < -0.3 is 5.73 Å². The molecule has 0 unspecified atom stereocenters. The molecular formula is C10H12ClN5O2S. The van der Waals surface area contributed by atoms with Gasteiger partial charge in [-0.1, -0.05) is 17.7 Å². The topological polar surface area (TPSA) is 104 Å². The molecular weight excluding hydrogens is 290 g/mol. The molecule has 0 saturated carbocycles. The van der Waals surface area contributed by atoms with Crippen molar-refractivity contribution in [2.45, 2.75) is 6.54 Å². The van der Waals surface area contributed by atoms with Crippen LogP contribution in [0.15, 0.2) is 18.2 Å². The number of benzene rings is 1. The molecule has 9 heteroatoms. The molecule has 19 heavy (non-hydrogen) atoms. The molecule has 1 aromatic heterocycles. The minimum absolute atomic E-state index is 0.0501. The van der Waals surface area contributed by atoms with Crippen molar-refractivity contribution < 1.29 is 8.42 Å². The molecule has 1 heterocycles. The van der Waals surface area contributed by atoms with Crippen molar-refractivity contribution in [3.63, 3.8) is 0 Å². The fourth-order valence-electron chi connectivity index (χ4n) is 1.53. The predicted octanol–water partition coefficient (Wildman–Crippen LogP) is 0.620. The van der Waals surface area contributed by atoms with Gasteiger partial charge >= 0.3 is 0 Å². The smallest absolute Gasteiger partial charge is 0.184 e. The number of aromatic nitrogens is 4. The fourth-order valence-corrected chi connectivity index (χ4v) is 2.21. The predicted molar refractivity (Wildman–Crippen MR) is 72.4 cm³/mol. The molecule has 0 aliphatic rings. The van der Waals surface area contributed by atoms with E-state index in [1.807, 2.05) is 0 Å². The first-order valence-corrected chi connectivity index (χ1v) is 7.80. The van der Waals surface area contributed by atoms with Crippen LogP contribution in [0.3, 0.4) is 0 Å². The van der Waals surface area contributed by atoms with Gasteiger partial charge in [0.05, 0.1) is 23.0 Å². The number of nitrogen functional groups attached to an aromatic ring is 1. The molecule has 0 atom stereocenters. The van der Waals surface area contributed by atoms with Crippen LogP contribution in [0.4, 0.5) is 5.69 Å². The van der Waals surface area contributed by atoms with Crippen molar-refractivity contribution in [3.8, 4) is 11.4 Å². The van der Waals surface area contributed by atoms with Crippen molar-refractivity contribution in [3.05, 3.63) is 23.2 Å². The number of halogens is 1. The lowest BCUT2D eigenvalue weighted by molar-refractivity contribution is 0.581. The van der Waals surface area contributed by atoms with E-state index in [1.54, 1.807) is 18.2 Å². The molecule has 102 valence electrons. The van der Waals surface area contributed by atoms with Gasteiger partial charge in [0, 0.05) is 11.8 Å². The maximum Gasteiger partial charge on any atom is 0.184 e. The van der Waals surface area contributed by atoms with Crippen LogP contribution in [-0.2, 0) is 16.4 Å². The lowest BCUT2D eigenvalue weighted by Crippen LogP contribution is -2.13. The highest BCUT2D eigenvalue weighted by Gasteiger charge is 2.14. The van der Waals surface area contributed by atoms with Crippen LogP contribution in [-0.4, -0.2) is 40.6 Å². The minimum Gasteiger partial charge on any atom is -0.397 e. The SMILES string of the molecule is CS(=O)(=O)CCn1nnnc1-c1cccc(Cl)c1N. The van der Waals surface area contributed by atoms with Crippen LogP contribution in [0, 0.1) is 0 Å². The number of hydrogen-bond donors (Lipinski definition) is 1. The average molecular weight is 302 g/mol. The van der Waals surface area contributed by atoms with E-state index in [0.29, 0.717) is 22.1 Å². The number of nitrogens with zero attached hydrogens (tertiary/aromatic N) is 4.